The zero-order chi connectivity index (χ0) is 17.5. The number of hydroxylamine groups is 1. The first kappa shape index (κ1) is 17.6. The van der Waals surface area contributed by atoms with Gasteiger partial charge in [-0.25, -0.2) is 4.39 Å². The van der Waals surface area contributed by atoms with E-state index in [4.69, 9.17) is 4.84 Å². The average molecular weight is 341 g/mol. The van der Waals surface area contributed by atoms with Gasteiger partial charge in [0, 0.05) is 30.9 Å². The summed E-state index contributed by atoms with van der Waals surface area (Å²) in [5.74, 6) is 0.239. The number of piperidine rings is 1. The van der Waals surface area contributed by atoms with Gasteiger partial charge >= 0.3 is 0 Å². The first-order valence-electron chi connectivity index (χ1n) is 8.64. The molecule has 4 nitrogen and oxygen atoms in total. The van der Waals surface area contributed by atoms with Crippen LogP contribution in [0.4, 0.5) is 4.39 Å². The van der Waals surface area contributed by atoms with Crippen molar-refractivity contribution < 1.29 is 9.23 Å². The molecule has 0 spiro atoms. The second-order valence-corrected chi connectivity index (χ2v) is 6.28. The number of pyridine rings is 1. The van der Waals surface area contributed by atoms with Gasteiger partial charge in [0.1, 0.15) is 5.82 Å². The summed E-state index contributed by atoms with van der Waals surface area (Å²) in [6.07, 6.45) is 6.30. The number of halogens is 1. The summed E-state index contributed by atoms with van der Waals surface area (Å²) in [6, 6.07) is 12.5. The highest BCUT2D eigenvalue weighted by molar-refractivity contribution is 5.63. The van der Waals surface area contributed by atoms with Gasteiger partial charge in [-0.1, -0.05) is 6.07 Å². The second-order valence-electron chi connectivity index (χ2n) is 6.28. The lowest BCUT2D eigenvalue weighted by atomic mass is 9.94. The molecular formula is C20H24FN3O. The maximum atomic E-state index is 13.1. The van der Waals surface area contributed by atoms with Crippen molar-refractivity contribution in [3.63, 3.8) is 0 Å². The molecule has 1 fully saturated rings. The molecule has 1 aliphatic heterocycles. The van der Waals surface area contributed by atoms with Gasteiger partial charge in [0.25, 0.3) is 0 Å². The van der Waals surface area contributed by atoms with Gasteiger partial charge < -0.3 is 0 Å². The Bertz CT molecular complexity index is 688. The molecule has 0 aliphatic carbocycles. The highest BCUT2D eigenvalue weighted by atomic mass is 19.1. The molecular weight excluding hydrogens is 317 g/mol. The molecule has 1 saturated heterocycles. The molecule has 1 unspecified atom stereocenters. The van der Waals surface area contributed by atoms with Crippen molar-refractivity contribution in [2.45, 2.75) is 18.8 Å². The van der Waals surface area contributed by atoms with Gasteiger partial charge in [0.15, 0.2) is 0 Å². The molecule has 1 aromatic carbocycles. The van der Waals surface area contributed by atoms with Crippen molar-refractivity contribution in [1.29, 1.82) is 0 Å². The minimum atomic E-state index is -0.241. The summed E-state index contributed by atoms with van der Waals surface area (Å²) in [5.41, 5.74) is 5.83. The Morgan fingerprint density at radius 3 is 2.88 bits per heavy atom. The van der Waals surface area contributed by atoms with Crippen molar-refractivity contribution in [3.05, 3.63) is 71.8 Å². The third-order valence-electron chi connectivity index (χ3n) is 4.53. The summed E-state index contributed by atoms with van der Waals surface area (Å²) >= 11 is 0. The van der Waals surface area contributed by atoms with Crippen LogP contribution in [0.1, 0.15) is 30.0 Å². The molecule has 2 heterocycles. The molecule has 1 aromatic heterocycles. The summed E-state index contributed by atoms with van der Waals surface area (Å²) in [4.78, 5) is 12.0. The molecule has 25 heavy (non-hydrogen) atoms. The number of hydrogen-bond acceptors (Lipinski definition) is 4. The fraction of sp³-hybridized carbons (Fsp3) is 0.350. The average Bonchev–Trinajstić information content (AvgIpc) is 2.67. The summed E-state index contributed by atoms with van der Waals surface area (Å²) in [5, 5.41) is 0. The minimum absolute atomic E-state index is 0.241. The van der Waals surface area contributed by atoms with Crippen molar-refractivity contribution >= 4 is 5.70 Å². The van der Waals surface area contributed by atoms with Crippen LogP contribution in [-0.2, 0) is 4.84 Å². The van der Waals surface area contributed by atoms with Crippen molar-refractivity contribution in [2.24, 2.45) is 0 Å². The van der Waals surface area contributed by atoms with E-state index in [9.17, 15) is 4.39 Å². The second kappa shape index (κ2) is 8.74. The van der Waals surface area contributed by atoms with Crippen molar-refractivity contribution in [3.8, 4) is 0 Å². The Morgan fingerprint density at radius 1 is 1.32 bits per heavy atom. The largest absolute Gasteiger partial charge is 0.299 e. The van der Waals surface area contributed by atoms with E-state index < -0.39 is 0 Å². The highest BCUT2D eigenvalue weighted by Gasteiger charge is 2.21. The maximum Gasteiger partial charge on any atom is 0.123 e. The lowest BCUT2D eigenvalue weighted by Crippen LogP contribution is -2.35. The number of hydrogen-bond donors (Lipinski definition) is 1. The highest BCUT2D eigenvalue weighted by Crippen LogP contribution is 2.25. The Hall–Kier alpha value is -2.24. The Labute approximate surface area is 148 Å². The lowest BCUT2D eigenvalue weighted by Gasteiger charge is -2.31. The first-order chi connectivity index (χ1) is 12.3. The number of nitrogens with one attached hydrogen (secondary N) is 1. The zero-order valence-electron chi connectivity index (χ0n) is 14.5. The topological polar surface area (TPSA) is 37.4 Å². The van der Waals surface area contributed by atoms with Gasteiger partial charge in [-0.2, -0.15) is 0 Å². The Balaban J connectivity index is 1.66. The predicted octanol–water partition coefficient (Wildman–Crippen LogP) is 3.59. The predicted molar refractivity (Wildman–Crippen MR) is 97.2 cm³/mol. The minimum Gasteiger partial charge on any atom is -0.299 e. The van der Waals surface area contributed by atoms with E-state index in [1.165, 1.54) is 30.7 Å². The fourth-order valence-corrected chi connectivity index (χ4v) is 3.26. The van der Waals surface area contributed by atoms with Crippen LogP contribution in [0.3, 0.4) is 0 Å². The van der Waals surface area contributed by atoms with Crippen LogP contribution in [0.2, 0.25) is 0 Å². The lowest BCUT2D eigenvalue weighted by molar-refractivity contribution is 0.136. The van der Waals surface area contributed by atoms with E-state index in [1.807, 2.05) is 12.3 Å². The van der Waals surface area contributed by atoms with Gasteiger partial charge in [-0.15, -0.1) is 0 Å². The molecule has 2 aromatic rings. The summed E-state index contributed by atoms with van der Waals surface area (Å²) in [7, 11) is 1.58. The third kappa shape index (κ3) is 4.87. The molecule has 5 heteroatoms. The molecule has 0 bridgehead atoms. The Kier molecular flexibility index (Phi) is 6.14. The molecule has 0 saturated carbocycles. The standard InChI is InChI=1S/C20H24FN3O/c1-25-23-20(16-7-9-18(21)10-8-16)11-14-24-13-4-5-17(15-24)19-6-2-3-12-22-19/h2-3,6-12,17,23H,4-5,13-15H2,1H3. The van der Waals surface area contributed by atoms with E-state index in [0.29, 0.717) is 5.92 Å². The number of nitrogens with zero attached hydrogens (tertiary/aromatic N) is 2. The number of benzene rings is 1. The normalized spacial score (nSPS) is 19.0. The van der Waals surface area contributed by atoms with E-state index >= 15 is 0 Å². The van der Waals surface area contributed by atoms with E-state index in [1.54, 1.807) is 19.2 Å². The van der Waals surface area contributed by atoms with Gasteiger partial charge in [0.2, 0.25) is 0 Å². The number of likely N-dealkylation sites (tertiary alicyclic amines) is 1. The van der Waals surface area contributed by atoms with Crippen molar-refractivity contribution in [2.75, 3.05) is 26.7 Å². The van der Waals surface area contributed by atoms with Crippen molar-refractivity contribution in [1.82, 2.24) is 15.4 Å². The van der Waals surface area contributed by atoms with Gasteiger partial charge in [0.05, 0.1) is 12.8 Å². The SMILES string of the molecule is CONC(=CCN1CCCC(c2ccccn2)C1)c1ccc(F)cc1. The fourth-order valence-electron chi connectivity index (χ4n) is 3.26. The van der Waals surface area contributed by atoms with Crippen LogP contribution >= 0.6 is 0 Å². The van der Waals surface area contributed by atoms with Crippen LogP contribution in [0.15, 0.2) is 54.7 Å². The summed E-state index contributed by atoms with van der Waals surface area (Å²) < 4.78 is 13.1. The quantitative estimate of drug-likeness (QED) is 0.815. The third-order valence-corrected chi connectivity index (χ3v) is 4.53. The van der Waals surface area contributed by atoms with Crippen LogP contribution in [-0.4, -0.2) is 36.6 Å². The van der Waals surface area contributed by atoms with Crippen LogP contribution < -0.4 is 5.48 Å². The molecule has 0 radical (unpaired) electrons. The molecule has 132 valence electrons. The van der Waals surface area contributed by atoms with E-state index in [0.717, 1.165) is 30.9 Å². The summed E-state index contributed by atoms with van der Waals surface area (Å²) in [6.45, 7) is 2.88. The molecule has 0 amide bonds. The monoisotopic (exact) mass is 341 g/mol. The van der Waals surface area contributed by atoms with Gasteiger partial charge in [-0.3, -0.25) is 20.2 Å². The molecule has 1 atom stereocenters. The van der Waals surface area contributed by atoms with Crippen LogP contribution in [0.25, 0.3) is 5.70 Å². The molecule has 1 aliphatic rings. The molecule has 3 rings (SSSR count). The van der Waals surface area contributed by atoms with Crippen LogP contribution in [0.5, 0.6) is 0 Å². The zero-order valence-corrected chi connectivity index (χ0v) is 14.5. The first-order valence-corrected chi connectivity index (χ1v) is 8.64. The smallest absolute Gasteiger partial charge is 0.123 e. The van der Waals surface area contributed by atoms with E-state index in [-0.39, 0.29) is 5.82 Å². The Morgan fingerprint density at radius 2 is 2.16 bits per heavy atom. The van der Waals surface area contributed by atoms with Gasteiger partial charge in [-0.05, 0) is 67.4 Å². The number of aromatic nitrogens is 1. The number of rotatable bonds is 6. The van der Waals surface area contributed by atoms with Crippen LogP contribution in [0, 0.1) is 5.82 Å². The van der Waals surface area contributed by atoms with E-state index in [2.05, 4.69) is 33.6 Å². The molecule has 1 N–H and O–H groups in total. The maximum absolute atomic E-state index is 13.1.